The molecule has 1 N–H and O–H groups in total. The Bertz CT molecular complexity index is 1400. The Hall–Kier alpha value is -2.85. The molecule has 0 bridgehead atoms. The molecule has 0 atom stereocenters. The van der Waals surface area contributed by atoms with Crippen molar-refractivity contribution in [2.24, 2.45) is 0 Å². The van der Waals surface area contributed by atoms with Gasteiger partial charge in [-0.2, -0.15) is 0 Å². The van der Waals surface area contributed by atoms with Crippen LogP contribution in [-0.2, 0) is 24.9 Å². The molecule has 1 radical (unpaired) electrons. The number of ketones is 1. The number of aromatic nitrogens is 1. The second-order valence-electron chi connectivity index (χ2n) is 7.00. The van der Waals surface area contributed by atoms with Crippen molar-refractivity contribution in [3.63, 3.8) is 0 Å². The predicted octanol–water partition coefficient (Wildman–Crippen LogP) is 7.10. The standard InChI is InChI=1S/C21H12NS.C5H8O2.Ir/c1-2-6-15-13-16(10-9-14(15)5-1)20-21-18(11-12-23-21)17-7-3-4-8-19(17)22-20;1-4(6)3-5(2)7;/h1-12H;3,6H,1-2H3;/q-1;;/b;4-3-;. The number of hydrogen-bond acceptors (Lipinski definition) is 4. The number of benzene rings is 3. The van der Waals surface area contributed by atoms with Crippen LogP contribution < -0.4 is 0 Å². The molecule has 2 aromatic heterocycles. The minimum Gasteiger partial charge on any atom is -0.512 e. The fourth-order valence-corrected chi connectivity index (χ4v) is 4.32. The zero-order chi connectivity index (χ0) is 21.1. The fraction of sp³-hybridized carbons (Fsp3) is 0.0769. The van der Waals surface area contributed by atoms with E-state index in [2.05, 4.69) is 72.1 Å². The van der Waals surface area contributed by atoms with Crippen molar-refractivity contribution in [1.82, 2.24) is 4.98 Å². The van der Waals surface area contributed by atoms with Crippen LogP contribution in [0.5, 0.6) is 0 Å². The summed E-state index contributed by atoms with van der Waals surface area (Å²) in [5, 5.41) is 15.3. The number of rotatable bonds is 2. The van der Waals surface area contributed by atoms with E-state index in [1.54, 1.807) is 11.3 Å². The van der Waals surface area contributed by atoms with Gasteiger partial charge >= 0.3 is 0 Å². The van der Waals surface area contributed by atoms with Crippen LogP contribution in [0.15, 0.2) is 83.9 Å². The number of aliphatic hydroxyl groups is 1. The maximum Gasteiger partial charge on any atom is 0.155 e. The molecule has 3 aromatic carbocycles. The smallest absolute Gasteiger partial charge is 0.155 e. The number of allylic oxidation sites excluding steroid dienone is 2. The Morgan fingerprint density at radius 1 is 0.968 bits per heavy atom. The summed E-state index contributed by atoms with van der Waals surface area (Å²) in [7, 11) is 0. The molecule has 157 valence electrons. The second-order valence-corrected chi connectivity index (χ2v) is 7.91. The van der Waals surface area contributed by atoms with Gasteiger partial charge in [0.05, 0.1) is 11.3 Å². The van der Waals surface area contributed by atoms with Crippen molar-refractivity contribution in [2.75, 3.05) is 0 Å². The van der Waals surface area contributed by atoms with Crippen molar-refractivity contribution < 1.29 is 30.0 Å². The van der Waals surface area contributed by atoms with E-state index < -0.39 is 0 Å². The summed E-state index contributed by atoms with van der Waals surface area (Å²) >= 11 is 1.75. The van der Waals surface area contributed by atoms with Crippen molar-refractivity contribution in [2.45, 2.75) is 13.8 Å². The van der Waals surface area contributed by atoms with E-state index in [-0.39, 0.29) is 31.6 Å². The number of aliphatic hydroxyl groups excluding tert-OH is 1. The van der Waals surface area contributed by atoms with Gasteiger partial charge in [0.1, 0.15) is 0 Å². The van der Waals surface area contributed by atoms with Crippen LogP contribution in [0.3, 0.4) is 0 Å². The molecule has 5 heteroatoms. The molecular weight excluding hydrogens is 583 g/mol. The van der Waals surface area contributed by atoms with Crippen LogP contribution in [0.2, 0.25) is 0 Å². The van der Waals surface area contributed by atoms with Gasteiger partial charge in [-0.1, -0.05) is 47.3 Å². The quantitative estimate of drug-likeness (QED) is 0.133. The number of hydrogen-bond donors (Lipinski definition) is 1. The number of carbonyl (C=O) groups excluding carboxylic acids is 1. The maximum absolute atomic E-state index is 10.0. The molecule has 0 aliphatic rings. The van der Waals surface area contributed by atoms with Gasteiger partial charge in [-0.05, 0) is 36.7 Å². The Balaban J connectivity index is 0.000000299. The van der Waals surface area contributed by atoms with Crippen LogP contribution in [0, 0.1) is 6.07 Å². The third-order valence-electron chi connectivity index (χ3n) is 4.63. The number of pyridine rings is 1. The van der Waals surface area contributed by atoms with Crippen LogP contribution in [0.25, 0.3) is 43.0 Å². The Morgan fingerprint density at radius 2 is 1.71 bits per heavy atom. The molecule has 0 amide bonds. The van der Waals surface area contributed by atoms with Gasteiger partial charge in [0.15, 0.2) is 5.78 Å². The zero-order valence-corrected chi connectivity index (χ0v) is 20.3. The average molecular weight is 603 g/mol. The monoisotopic (exact) mass is 603 g/mol. The molecule has 0 unspecified atom stereocenters. The Labute approximate surface area is 198 Å². The molecule has 5 rings (SSSR count). The molecule has 31 heavy (non-hydrogen) atoms. The first kappa shape index (κ1) is 22.8. The number of para-hydroxylation sites is 1. The zero-order valence-electron chi connectivity index (χ0n) is 17.0. The first-order valence-corrected chi connectivity index (χ1v) is 10.5. The van der Waals surface area contributed by atoms with Gasteiger partial charge in [-0.3, -0.25) is 9.78 Å². The van der Waals surface area contributed by atoms with Crippen LogP contribution in [0.4, 0.5) is 0 Å². The summed E-state index contributed by atoms with van der Waals surface area (Å²) in [6, 6.07) is 26.7. The van der Waals surface area contributed by atoms with Crippen LogP contribution in [0.1, 0.15) is 13.8 Å². The molecule has 0 spiro atoms. The largest absolute Gasteiger partial charge is 0.512 e. The summed E-state index contributed by atoms with van der Waals surface area (Å²) < 4.78 is 1.23. The van der Waals surface area contributed by atoms with Gasteiger partial charge in [0.25, 0.3) is 0 Å². The van der Waals surface area contributed by atoms with Gasteiger partial charge in [0.2, 0.25) is 0 Å². The molecule has 0 saturated heterocycles. The average Bonchev–Trinajstić information content (AvgIpc) is 3.22. The molecular formula is C26H20IrNO2S-. The first-order chi connectivity index (χ1) is 14.5. The van der Waals surface area contributed by atoms with Crippen molar-refractivity contribution in [1.29, 1.82) is 0 Å². The van der Waals surface area contributed by atoms with E-state index >= 15 is 0 Å². The summed E-state index contributed by atoms with van der Waals surface area (Å²) in [5.41, 5.74) is 3.12. The molecule has 0 aliphatic heterocycles. The summed E-state index contributed by atoms with van der Waals surface area (Å²) in [5.74, 6) is -0.0625. The SMILES string of the molecule is CC(=O)/C=C(/C)O.[Ir].[c-]1c(-c2nc3ccccc3c3ccsc23)ccc2ccccc12. The van der Waals surface area contributed by atoms with Crippen LogP contribution >= 0.6 is 11.3 Å². The number of thiophene rings is 1. The van der Waals surface area contributed by atoms with Crippen LogP contribution in [-0.4, -0.2) is 15.9 Å². The van der Waals surface area contributed by atoms with Gasteiger partial charge in [0, 0.05) is 42.0 Å². The normalized spacial score (nSPS) is 11.1. The van der Waals surface area contributed by atoms with E-state index in [1.807, 2.05) is 6.07 Å². The summed E-state index contributed by atoms with van der Waals surface area (Å²) in [4.78, 5) is 14.9. The Kier molecular flexibility index (Phi) is 7.34. The van der Waals surface area contributed by atoms with Crippen molar-refractivity contribution in [3.05, 3.63) is 90.0 Å². The number of nitrogens with zero attached hydrogens (tertiary/aromatic N) is 1. The third-order valence-corrected chi connectivity index (χ3v) is 5.55. The van der Waals surface area contributed by atoms with E-state index in [4.69, 9.17) is 10.1 Å². The summed E-state index contributed by atoms with van der Waals surface area (Å²) in [6.07, 6.45) is 1.17. The molecule has 0 saturated carbocycles. The molecule has 2 heterocycles. The fourth-order valence-electron chi connectivity index (χ4n) is 3.41. The second kappa shape index (κ2) is 9.97. The molecule has 5 aromatic rings. The van der Waals surface area contributed by atoms with E-state index in [0.29, 0.717) is 0 Å². The van der Waals surface area contributed by atoms with Gasteiger partial charge in [-0.15, -0.1) is 41.0 Å². The Morgan fingerprint density at radius 3 is 2.45 bits per heavy atom. The minimum atomic E-state index is -0.125. The van der Waals surface area contributed by atoms with Crippen molar-refractivity contribution >= 4 is 48.9 Å². The summed E-state index contributed by atoms with van der Waals surface area (Å²) in [6.45, 7) is 2.85. The third kappa shape index (κ3) is 5.08. The minimum absolute atomic E-state index is 0. The maximum atomic E-state index is 10.0. The topological polar surface area (TPSA) is 50.2 Å². The van der Waals surface area contributed by atoms with E-state index in [9.17, 15) is 4.79 Å². The number of fused-ring (bicyclic) bond motifs is 4. The number of carbonyl (C=O) groups is 1. The van der Waals surface area contributed by atoms with E-state index in [1.165, 1.54) is 40.8 Å². The molecule has 0 fully saturated rings. The van der Waals surface area contributed by atoms with E-state index in [0.717, 1.165) is 22.2 Å². The predicted molar refractivity (Wildman–Crippen MR) is 126 cm³/mol. The molecule has 3 nitrogen and oxygen atoms in total. The molecule has 0 aliphatic carbocycles. The first-order valence-electron chi connectivity index (χ1n) is 9.58. The van der Waals surface area contributed by atoms with Crippen molar-refractivity contribution in [3.8, 4) is 11.3 Å². The van der Waals surface area contributed by atoms with Gasteiger partial charge in [-0.25, -0.2) is 0 Å². The van der Waals surface area contributed by atoms with Gasteiger partial charge < -0.3 is 5.11 Å².